The minimum absolute atomic E-state index is 0.00889. The van der Waals surface area contributed by atoms with Gasteiger partial charge in [0.25, 0.3) is 5.91 Å². The zero-order valence-corrected chi connectivity index (χ0v) is 19.2. The molecule has 1 amide bonds. The molecule has 1 saturated heterocycles. The van der Waals surface area contributed by atoms with Crippen molar-refractivity contribution in [3.8, 4) is 16.2 Å². The van der Waals surface area contributed by atoms with E-state index >= 15 is 0 Å². The molecule has 8 heteroatoms. The van der Waals surface area contributed by atoms with Crippen LogP contribution >= 0.6 is 11.3 Å². The fraction of sp³-hybridized carbons (Fsp3) is 0.240. The first kappa shape index (κ1) is 21.2. The van der Waals surface area contributed by atoms with Crippen LogP contribution < -0.4 is 15.4 Å². The van der Waals surface area contributed by atoms with Gasteiger partial charge < -0.3 is 20.3 Å². The average molecular weight is 460 g/mol. The van der Waals surface area contributed by atoms with Gasteiger partial charge >= 0.3 is 0 Å². The number of hydrogen-bond donors (Lipinski definition) is 1. The van der Waals surface area contributed by atoms with Gasteiger partial charge in [0.1, 0.15) is 16.4 Å². The smallest absolute Gasteiger partial charge is 0.260 e. The van der Waals surface area contributed by atoms with Gasteiger partial charge in [0, 0.05) is 31.1 Å². The predicted octanol–water partition coefficient (Wildman–Crippen LogP) is 3.98. The van der Waals surface area contributed by atoms with Crippen LogP contribution in [0.3, 0.4) is 0 Å². The summed E-state index contributed by atoms with van der Waals surface area (Å²) in [4.78, 5) is 27.7. The number of ether oxygens (including phenoxy) is 1. The van der Waals surface area contributed by atoms with Gasteiger partial charge in [0.05, 0.1) is 5.39 Å². The molecule has 3 heterocycles. The largest absolute Gasteiger partial charge is 0.484 e. The van der Waals surface area contributed by atoms with Crippen LogP contribution in [-0.4, -0.2) is 53.6 Å². The normalized spacial score (nSPS) is 14.0. The van der Waals surface area contributed by atoms with Gasteiger partial charge in [0.15, 0.2) is 6.61 Å². The zero-order chi connectivity index (χ0) is 22.8. The number of thiophene rings is 1. The van der Waals surface area contributed by atoms with Crippen molar-refractivity contribution in [2.75, 3.05) is 43.4 Å². The number of amides is 1. The Hall–Kier alpha value is -3.65. The quantitative estimate of drug-likeness (QED) is 0.486. The second-order valence-electron chi connectivity index (χ2n) is 8.07. The molecule has 7 nitrogen and oxygen atoms in total. The van der Waals surface area contributed by atoms with Crippen LogP contribution in [0.5, 0.6) is 5.75 Å². The molecule has 5 rings (SSSR count). The maximum absolute atomic E-state index is 12.7. The number of aromatic nitrogens is 2. The maximum Gasteiger partial charge on any atom is 0.260 e. The van der Waals surface area contributed by atoms with E-state index in [1.54, 1.807) is 11.3 Å². The lowest BCUT2D eigenvalue weighted by Crippen LogP contribution is -2.50. The van der Waals surface area contributed by atoms with Crippen LogP contribution in [0.4, 0.5) is 11.8 Å². The van der Waals surface area contributed by atoms with E-state index < -0.39 is 0 Å². The molecule has 0 radical (unpaired) electrons. The van der Waals surface area contributed by atoms with Crippen molar-refractivity contribution in [3.63, 3.8) is 0 Å². The summed E-state index contributed by atoms with van der Waals surface area (Å²) in [6.45, 7) is 4.62. The molecule has 1 aliphatic heterocycles. The summed E-state index contributed by atoms with van der Waals surface area (Å²) in [5, 5.41) is 0.996. The van der Waals surface area contributed by atoms with Crippen LogP contribution in [0, 0.1) is 6.92 Å². The minimum atomic E-state index is -0.00889. The highest BCUT2D eigenvalue weighted by atomic mass is 32.1. The van der Waals surface area contributed by atoms with Crippen molar-refractivity contribution in [1.29, 1.82) is 0 Å². The Morgan fingerprint density at radius 2 is 1.82 bits per heavy atom. The van der Waals surface area contributed by atoms with E-state index in [1.165, 1.54) is 0 Å². The third-order valence-electron chi connectivity index (χ3n) is 5.73. The molecule has 4 aromatic rings. The molecule has 0 saturated carbocycles. The van der Waals surface area contributed by atoms with Gasteiger partial charge in [-0.25, -0.2) is 4.98 Å². The highest BCUT2D eigenvalue weighted by molar-refractivity contribution is 7.22. The number of rotatable bonds is 5. The summed E-state index contributed by atoms with van der Waals surface area (Å²) >= 11 is 1.61. The van der Waals surface area contributed by atoms with Crippen molar-refractivity contribution in [3.05, 3.63) is 66.2 Å². The number of benzene rings is 2. The van der Waals surface area contributed by atoms with Crippen LogP contribution in [-0.2, 0) is 4.79 Å². The number of anilines is 2. The van der Waals surface area contributed by atoms with Gasteiger partial charge in [-0.15, -0.1) is 11.3 Å². The van der Waals surface area contributed by atoms with E-state index in [-0.39, 0.29) is 18.5 Å². The Morgan fingerprint density at radius 1 is 1.03 bits per heavy atom. The summed E-state index contributed by atoms with van der Waals surface area (Å²) < 4.78 is 5.69. The van der Waals surface area contributed by atoms with Crippen LogP contribution in [0.1, 0.15) is 5.56 Å². The topological polar surface area (TPSA) is 84.6 Å². The molecule has 0 bridgehead atoms. The fourth-order valence-corrected chi connectivity index (χ4v) is 5.06. The van der Waals surface area contributed by atoms with E-state index in [1.807, 2.05) is 54.3 Å². The lowest BCUT2D eigenvalue weighted by molar-refractivity contribution is -0.133. The van der Waals surface area contributed by atoms with E-state index in [0.717, 1.165) is 32.0 Å². The molecule has 1 aliphatic rings. The first-order valence-electron chi connectivity index (χ1n) is 10.9. The lowest BCUT2D eigenvalue weighted by Gasteiger charge is -2.35. The van der Waals surface area contributed by atoms with Crippen molar-refractivity contribution in [2.45, 2.75) is 6.92 Å². The molecular formula is C25H25N5O2S. The van der Waals surface area contributed by atoms with Gasteiger partial charge in [0.2, 0.25) is 5.95 Å². The summed E-state index contributed by atoms with van der Waals surface area (Å²) in [5.74, 6) is 1.81. The van der Waals surface area contributed by atoms with Gasteiger partial charge in [-0.05, 0) is 36.2 Å². The molecule has 168 valence electrons. The highest BCUT2D eigenvalue weighted by Gasteiger charge is 2.24. The van der Waals surface area contributed by atoms with Crippen molar-refractivity contribution in [2.24, 2.45) is 0 Å². The number of piperazine rings is 1. The molecule has 0 unspecified atom stereocenters. The standard InChI is InChI=1S/C25H25N5O2S/c1-17-6-5-9-19(14-17)32-16-22(31)29-10-12-30(13-11-29)23-20-15-21(18-7-3-2-4-8-18)33-24(20)28-25(26)27-23/h2-9,14-15H,10-13,16H2,1H3,(H2,26,27,28). The summed E-state index contributed by atoms with van der Waals surface area (Å²) in [6.07, 6.45) is 0. The molecule has 33 heavy (non-hydrogen) atoms. The number of carbonyl (C=O) groups is 1. The fourth-order valence-electron chi connectivity index (χ4n) is 4.02. The first-order valence-corrected chi connectivity index (χ1v) is 11.7. The second kappa shape index (κ2) is 9.07. The molecule has 0 spiro atoms. The average Bonchev–Trinajstić information content (AvgIpc) is 3.27. The van der Waals surface area contributed by atoms with Gasteiger partial charge in [-0.1, -0.05) is 42.5 Å². The number of aryl methyl sites for hydroxylation is 1. The molecule has 2 N–H and O–H groups in total. The Bertz CT molecular complexity index is 1280. The van der Waals surface area contributed by atoms with Crippen molar-refractivity contribution < 1.29 is 9.53 Å². The number of nitrogen functional groups attached to an aromatic ring is 1. The highest BCUT2D eigenvalue weighted by Crippen LogP contribution is 2.37. The SMILES string of the molecule is Cc1cccc(OCC(=O)N2CCN(c3nc(N)nc4sc(-c5ccccc5)cc34)CC2)c1. The molecular weight excluding hydrogens is 434 g/mol. The van der Waals surface area contributed by atoms with Gasteiger partial charge in [-0.2, -0.15) is 4.98 Å². The summed E-state index contributed by atoms with van der Waals surface area (Å²) in [5.41, 5.74) is 8.29. The Kier molecular flexibility index (Phi) is 5.83. The minimum Gasteiger partial charge on any atom is -0.484 e. The molecule has 2 aromatic heterocycles. The Balaban J connectivity index is 1.28. The molecule has 2 aromatic carbocycles. The second-order valence-corrected chi connectivity index (χ2v) is 9.10. The van der Waals surface area contributed by atoms with Crippen LogP contribution in [0.2, 0.25) is 0 Å². The molecule has 0 aliphatic carbocycles. The third kappa shape index (κ3) is 4.61. The molecule has 1 fully saturated rings. The zero-order valence-electron chi connectivity index (χ0n) is 18.4. The summed E-state index contributed by atoms with van der Waals surface area (Å²) in [7, 11) is 0. The Labute approximate surface area is 196 Å². The van der Waals surface area contributed by atoms with E-state index in [9.17, 15) is 4.79 Å². The summed E-state index contributed by atoms with van der Waals surface area (Å²) in [6, 6.07) is 20.1. The van der Waals surface area contributed by atoms with E-state index in [0.29, 0.717) is 31.9 Å². The van der Waals surface area contributed by atoms with Crippen molar-refractivity contribution >= 4 is 39.2 Å². The number of fused-ring (bicyclic) bond motifs is 1. The predicted molar refractivity (Wildman–Crippen MR) is 133 cm³/mol. The van der Waals surface area contributed by atoms with Crippen molar-refractivity contribution in [1.82, 2.24) is 14.9 Å². The number of nitrogens with two attached hydrogens (primary N) is 1. The van der Waals surface area contributed by atoms with E-state index in [4.69, 9.17) is 10.5 Å². The number of nitrogens with zero attached hydrogens (tertiary/aromatic N) is 4. The maximum atomic E-state index is 12.7. The number of carbonyl (C=O) groups excluding carboxylic acids is 1. The first-order chi connectivity index (χ1) is 16.1. The lowest BCUT2D eigenvalue weighted by atomic mass is 10.2. The van der Waals surface area contributed by atoms with E-state index in [2.05, 4.69) is 33.1 Å². The number of hydrogen-bond acceptors (Lipinski definition) is 7. The molecule has 0 atom stereocenters. The van der Waals surface area contributed by atoms with Crippen LogP contribution in [0.15, 0.2) is 60.7 Å². The Morgan fingerprint density at radius 3 is 2.58 bits per heavy atom. The third-order valence-corrected chi connectivity index (χ3v) is 6.81. The van der Waals surface area contributed by atoms with Crippen LogP contribution in [0.25, 0.3) is 20.7 Å². The monoisotopic (exact) mass is 459 g/mol. The van der Waals surface area contributed by atoms with Gasteiger partial charge in [-0.3, -0.25) is 4.79 Å².